The Kier molecular flexibility index (Phi) is 10.9. The fourth-order valence-corrected chi connectivity index (χ4v) is 5.98. The Balaban J connectivity index is 2.04. The lowest BCUT2D eigenvalue weighted by molar-refractivity contribution is -0.139. The summed E-state index contributed by atoms with van der Waals surface area (Å²) in [5, 5.41) is 2.90. The van der Waals surface area contributed by atoms with E-state index in [9.17, 15) is 18.0 Å². The van der Waals surface area contributed by atoms with Crippen molar-refractivity contribution in [2.75, 3.05) is 17.4 Å². The SMILES string of the molecule is CCCCNC(=O)[C@@H](C)N(Cc1ccc(Br)cc1)C(=O)CN(c1cc(C)ccc1C)S(=O)(=O)c1ccc(C)cc1. The summed E-state index contributed by atoms with van der Waals surface area (Å²) in [5.41, 5.74) is 3.77. The molecule has 3 rings (SSSR count). The largest absolute Gasteiger partial charge is 0.354 e. The summed E-state index contributed by atoms with van der Waals surface area (Å²) in [6.07, 6.45) is 1.76. The third-order valence-electron chi connectivity index (χ3n) is 6.78. The molecule has 7 nitrogen and oxygen atoms in total. The van der Waals surface area contributed by atoms with Gasteiger partial charge in [-0.1, -0.05) is 71.2 Å². The number of nitrogens with one attached hydrogen (secondary N) is 1. The van der Waals surface area contributed by atoms with Crippen molar-refractivity contribution >= 4 is 43.5 Å². The summed E-state index contributed by atoms with van der Waals surface area (Å²) in [7, 11) is -4.10. The van der Waals surface area contributed by atoms with Gasteiger partial charge in [0.2, 0.25) is 11.8 Å². The van der Waals surface area contributed by atoms with E-state index in [1.807, 2.05) is 64.1 Å². The molecular weight excluding hydrogens is 590 g/mol. The summed E-state index contributed by atoms with van der Waals surface area (Å²) in [5.74, 6) is -0.753. The zero-order chi connectivity index (χ0) is 29.4. The van der Waals surface area contributed by atoms with Crippen LogP contribution in [0.2, 0.25) is 0 Å². The van der Waals surface area contributed by atoms with Crippen LogP contribution in [0.5, 0.6) is 0 Å². The molecule has 2 amide bonds. The molecule has 214 valence electrons. The first-order valence-electron chi connectivity index (χ1n) is 13.4. The van der Waals surface area contributed by atoms with Gasteiger partial charge in [0.15, 0.2) is 0 Å². The van der Waals surface area contributed by atoms with E-state index in [4.69, 9.17) is 0 Å². The van der Waals surface area contributed by atoms with Gasteiger partial charge in [0.05, 0.1) is 10.6 Å². The molecule has 40 heavy (non-hydrogen) atoms. The smallest absolute Gasteiger partial charge is 0.264 e. The van der Waals surface area contributed by atoms with Gasteiger partial charge >= 0.3 is 0 Å². The number of anilines is 1. The number of carbonyl (C=O) groups excluding carboxylic acids is 2. The van der Waals surface area contributed by atoms with Crippen LogP contribution >= 0.6 is 15.9 Å². The van der Waals surface area contributed by atoms with Gasteiger partial charge in [-0.3, -0.25) is 13.9 Å². The number of sulfonamides is 1. The minimum atomic E-state index is -4.10. The predicted molar refractivity (Wildman–Crippen MR) is 164 cm³/mol. The summed E-state index contributed by atoms with van der Waals surface area (Å²) in [4.78, 5) is 28.6. The molecule has 0 bridgehead atoms. The number of hydrogen-bond donors (Lipinski definition) is 1. The molecule has 0 saturated heterocycles. The van der Waals surface area contributed by atoms with Crippen molar-refractivity contribution in [2.24, 2.45) is 0 Å². The highest BCUT2D eigenvalue weighted by atomic mass is 79.9. The highest BCUT2D eigenvalue weighted by Gasteiger charge is 2.33. The summed E-state index contributed by atoms with van der Waals surface area (Å²) < 4.78 is 30.1. The Hall–Kier alpha value is -3.17. The van der Waals surface area contributed by atoms with Gasteiger partial charge in [0.25, 0.3) is 10.0 Å². The van der Waals surface area contributed by atoms with E-state index in [1.165, 1.54) is 9.21 Å². The van der Waals surface area contributed by atoms with Gasteiger partial charge < -0.3 is 10.2 Å². The third kappa shape index (κ3) is 7.95. The number of amides is 2. The van der Waals surface area contributed by atoms with Crippen LogP contribution in [-0.4, -0.2) is 44.3 Å². The van der Waals surface area contributed by atoms with E-state index in [2.05, 4.69) is 21.2 Å². The van der Waals surface area contributed by atoms with Gasteiger partial charge in [-0.2, -0.15) is 0 Å². The van der Waals surface area contributed by atoms with Crippen LogP contribution in [0.25, 0.3) is 0 Å². The van der Waals surface area contributed by atoms with E-state index in [0.29, 0.717) is 12.2 Å². The highest BCUT2D eigenvalue weighted by Crippen LogP contribution is 2.29. The lowest BCUT2D eigenvalue weighted by Crippen LogP contribution is -2.51. The molecule has 0 aliphatic carbocycles. The van der Waals surface area contributed by atoms with E-state index in [-0.39, 0.29) is 17.3 Å². The monoisotopic (exact) mass is 627 g/mol. The molecule has 0 unspecified atom stereocenters. The van der Waals surface area contributed by atoms with Gasteiger partial charge in [-0.05, 0) is 81.1 Å². The fraction of sp³-hybridized carbons (Fsp3) is 0.355. The van der Waals surface area contributed by atoms with Gasteiger partial charge in [-0.25, -0.2) is 8.42 Å². The first-order valence-corrected chi connectivity index (χ1v) is 15.7. The summed E-state index contributed by atoms with van der Waals surface area (Å²) >= 11 is 3.43. The lowest BCUT2D eigenvalue weighted by atomic mass is 10.1. The van der Waals surface area contributed by atoms with Gasteiger partial charge in [0, 0.05) is 17.6 Å². The highest BCUT2D eigenvalue weighted by molar-refractivity contribution is 9.10. The molecule has 0 spiro atoms. The zero-order valence-corrected chi connectivity index (χ0v) is 26.2. The molecular formula is C31H38BrN3O4S. The van der Waals surface area contributed by atoms with Crippen LogP contribution in [0.1, 0.15) is 48.9 Å². The molecule has 0 radical (unpaired) electrons. The molecule has 0 aliphatic heterocycles. The number of carbonyl (C=O) groups is 2. The van der Waals surface area contributed by atoms with Crippen LogP contribution in [0.15, 0.2) is 76.1 Å². The standard InChI is InChI=1S/C31H38BrN3O4S/c1-6-7-18-33-31(37)25(5)34(20-26-12-14-27(32)15-13-26)30(36)21-35(29-19-23(3)8-11-24(29)4)40(38,39)28-16-9-22(2)10-17-28/h8-17,19,25H,6-7,18,20-21H2,1-5H3,(H,33,37)/t25-/m1/s1. The minimum Gasteiger partial charge on any atom is -0.354 e. The van der Waals surface area contributed by atoms with E-state index < -0.39 is 28.5 Å². The van der Waals surface area contributed by atoms with Crippen LogP contribution < -0.4 is 9.62 Å². The van der Waals surface area contributed by atoms with E-state index in [0.717, 1.165) is 39.6 Å². The average molecular weight is 629 g/mol. The quantitative estimate of drug-likeness (QED) is 0.253. The lowest BCUT2D eigenvalue weighted by Gasteiger charge is -2.32. The molecule has 1 N–H and O–H groups in total. The fourth-order valence-electron chi connectivity index (χ4n) is 4.24. The van der Waals surface area contributed by atoms with Crippen LogP contribution in [0, 0.1) is 20.8 Å². The first-order chi connectivity index (χ1) is 18.9. The zero-order valence-electron chi connectivity index (χ0n) is 23.8. The molecule has 0 saturated carbocycles. The molecule has 9 heteroatoms. The van der Waals surface area contributed by atoms with Crippen molar-refractivity contribution in [2.45, 2.75) is 64.9 Å². The molecule has 3 aromatic carbocycles. The molecule has 3 aromatic rings. The second-order valence-electron chi connectivity index (χ2n) is 10.1. The second kappa shape index (κ2) is 13.9. The number of halogens is 1. The molecule has 1 atom stereocenters. The summed E-state index contributed by atoms with van der Waals surface area (Å²) in [6, 6.07) is 18.8. The van der Waals surface area contributed by atoms with Gasteiger partial charge in [0.1, 0.15) is 12.6 Å². The van der Waals surface area contributed by atoms with E-state index >= 15 is 0 Å². The third-order valence-corrected chi connectivity index (χ3v) is 9.09. The summed E-state index contributed by atoms with van der Waals surface area (Å²) in [6.45, 7) is 9.50. The molecule has 0 fully saturated rings. The van der Waals surface area contributed by atoms with Crippen LogP contribution in [0.3, 0.4) is 0 Å². The second-order valence-corrected chi connectivity index (χ2v) is 12.9. The number of hydrogen-bond acceptors (Lipinski definition) is 4. The molecule has 0 aromatic heterocycles. The Labute approximate surface area is 246 Å². The van der Waals surface area contributed by atoms with Crippen molar-refractivity contribution in [3.05, 3.63) is 93.5 Å². The predicted octanol–water partition coefficient (Wildman–Crippen LogP) is 5.90. The Morgan fingerprint density at radius 2 is 1.55 bits per heavy atom. The number of benzene rings is 3. The maximum atomic E-state index is 14.0. The van der Waals surface area contributed by atoms with Crippen molar-refractivity contribution in [1.29, 1.82) is 0 Å². The van der Waals surface area contributed by atoms with Crippen molar-refractivity contribution in [3.63, 3.8) is 0 Å². The minimum absolute atomic E-state index is 0.0941. The van der Waals surface area contributed by atoms with E-state index in [1.54, 1.807) is 37.3 Å². The Morgan fingerprint density at radius 3 is 2.17 bits per heavy atom. The van der Waals surface area contributed by atoms with Crippen LogP contribution in [0.4, 0.5) is 5.69 Å². The number of rotatable bonds is 12. The topological polar surface area (TPSA) is 86.8 Å². The number of nitrogens with zero attached hydrogens (tertiary/aromatic N) is 2. The van der Waals surface area contributed by atoms with Crippen molar-refractivity contribution in [3.8, 4) is 0 Å². The first kappa shape index (κ1) is 31.4. The van der Waals surface area contributed by atoms with Crippen LogP contribution in [-0.2, 0) is 26.2 Å². The van der Waals surface area contributed by atoms with Crippen molar-refractivity contribution < 1.29 is 18.0 Å². The van der Waals surface area contributed by atoms with Crippen molar-refractivity contribution in [1.82, 2.24) is 10.2 Å². The normalized spacial score (nSPS) is 12.1. The maximum absolute atomic E-state index is 14.0. The Bertz CT molecular complexity index is 1420. The number of aryl methyl sites for hydroxylation is 3. The Morgan fingerprint density at radius 1 is 0.925 bits per heavy atom. The van der Waals surface area contributed by atoms with Gasteiger partial charge in [-0.15, -0.1) is 0 Å². The molecule has 0 aliphatic rings. The molecule has 0 heterocycles. The number of unbranched alkanes of at least 4 members (excludes halogenated alkanes) is 1. The average Bonchev–Trinajstić information content (AvgIpc) is 2.92. The maximum Gasteiger partial charge on any atom is 0.264 e.